The number of carbonyl (C=O) groups is 1. The summed E-state index contributed by atoms with van der Waals surface area (Å²) in [6.45, 7) is 5.48. The molecule has 4 atom stereocenters. The Morgan fingerprint density at radius 1 is 1.38 bits per heavy atom. The second-order valence-corrected chi connectivity index (χ2v) is 8.79. The first-order valence-electron chi connectivity index (χ1n) is 9.97. The molecule has 0 unspecified atom stereocenters. The summed E-state index contributed by atoms with van der Waals surface area (Å²) in [6.07, 6.45) is 4.62. The molecule has 1 N–H and O–H groups in total. The number of ether oxygens (including phenoxy) is 1. The molecule has 4 fully saturated rings. The maximum Gasteiger partial charge on any atom is 0.223 e. The van der Waals surface area contributed by atoms with Gasteiger partial charge in [-0.05, 0) is 55.9 Å². The molecule has 1 aromatic carbocycles. The summed E-state index contributed by atoms with van der Waals surface area (Å²) in [5.74, 6) is 1.23. The van der Waals surface area contributed by atoms with Crippen molar-refractivity contribution in [2.45, 2.75) is 50.9 Å². The number of amides is 1. The average Bonchev–Trinajstić information content (AvgIpc) is 3.21. The lowest BCUT2D eigenvalue weighted by Crippen LogP contribution is -2.42. The third-order valence-corrected chi connectivity index (χ3v) is 7.02. The molecular formula is C21H27FN2O2. The van der Waals surface area contributed by atoms with Crippen molar-refractivity contribution in [3.63, 3.8) is 0 Å². The fourth-order valence-corrected chi connectivity index (χ4v) is 5.44. The first kappa shape index (κ1) is 16.7. The topological polar surface area (TPSA) is 41.6 Å². The predicted octanol–water partition coefficient (Wildman–Crippen LogP) is 2.64. The monoisotopic (exact) mass is 358 g/mol. The molecule has 3 heterocycles. The van der Waals surface area contributed by atoms with Crippen molar-refractivity contribution in [3.05, 3.63) is 35.1 Å². The molecule has 4 nitrogen and oxygen atoms in total. The molecule has 140 valence electrons. The van der Waals surface area contributed by atoms with Crippen molar-refractivity contribution in [2.75, 3.05) is 19.6 Å². The summed E-state index contributed by atoms with van der Waals surface area (Å²) >= 11 is 0. The van der Waals surface area contributed by atoms with E-state index >= 15 is 0 Å². The van der Waals surface area contributed by atoms with Crippen LogP contribution in [0.1, 0.15) is 36.8 Å². The molecule has 3 saturated heterocycles. The van der Waals surface area contributed by atoms with Crippen LogP contribution in [0, 0.1) is 30.5 Å². The number of nitrogens with one attached hydrogen (secondary N) is 1. The van der Waals surface area contributed by atoms with Crippen LogP contribution >= 0.6 is 0 Å². The van der Waals surface area contributed by atoms with Crippen LogP contribution in [0.15, 0.2) is 18.2 Å². The first-order chi connectivity index (χ1) is 12.5. The minimum absolute atomic E-state index is 0.0408. The highest BCUT2D eigenvalue weighted by atomic mass is 19.1. The minimum atomic E-state index is -0.166. The summed E-state index contributed by atoms with van der Waals surface area (Å²) < 4.78 is 20.1. The van der Waals surface area contributed by atoms with Gasteiger partial charge in [-0.2, -0.15) is 0 Å². The van der Waals surface area contributed by atoms with Gasteiger partial charge in [0, 0.05) is 43.9 Å². The van der Waals surface area contributed by atoms with Gasteiger partial charge in [-0.3, -0.25) is 9.69 Å². The Kier molecular flexibility index (Phi) is 3.87. The summed E-state index contributed by atoms with van der Waals surface area (Å²) in [5, 5.41) is 3.17. The number of likely N-dealkylation sites (tertiary alicyclic amines) is 1. The number of rotatable bonds is 5. The number of carbonyl (C=O) groups excluding carboxylic acids is 1. The molecule has 5 heteroatoms. The average molecular weight is 358 g/mol. The highest BCUT2D eigenvalue weighted by molar-refractivity contribution is 5.80. The number of aryl methyl sites for hydroxylation is 1. The fourth-order valence-electron chi connectivity index (χ4n) is 5.44. The molecule has 1 amide bonds. The first-order valence-corrected chi connectivity index (χ1v) is 9.97. The number of hydrogen-bond acceptors (Lipinski definition) is 3. The predicted molar refractivity (Wildman–Crippen MR) is 96.0 cm³/mol. The molecular weight excluding hydrogens is 331 g/mol. The second kappa shape index (κ2) is 6.03. The Labute approximate surface area is 154 Å². The lowest BCUT2D eigenvalue weighted by Gasteiger charge is -2.29. The van der Waals surface area contributed by atoms with Crippen LogP contribution in [-0.4, -0.2) is 42.1 Å². The van der Waals surface area contributed by atoms with Gasteiger partial charge in [-0.25, -0.2) is 4.39 Å². The smallest absolute Gasteiger partial charge is 0.223 e. The molecule has 1 aromatic rings. The van der Waals surface area contributed by atoms with Gasteiger partial charge in [0.2, 0.25) is 5.91 Å². The van der Waals surface area contributed by atoms with E-state index in [9.17, 15) is 9.18 Å². The van der Waals surface area contributed by atoms with E-state index in [0.717, 1.165) is 63.0 Å². The number of nitrogens with zero attached hydrogens (tertiary/aromatic N) is 1. The van der Waals surface area contributed by atoms with E-state index in [4.69, 9.17) is 4.74 Å². The summed E-state index contributed by atoms with van der Waals surface area (Å²) in [4.78, 5) is 14.5. The summed E-state index contributed by atoms with van der Waals surface area (Å²) in [7, 11) is 0. The van der Waals surface area contributed by atoms with Crippen molar-refractivity contribution in [1.29, 1.82) is 0 Å². The molecule has 2 bridgehead atoms. The van der Waals surface area contributed by atoms with Gasteiger partial charge in [0.25, 0.3) is 0 Å². The highest BCUT2D eigenvalue weighted by Gasteiger charge is 2.62. The van der Waals surface area contributed by atoms with Crippen molar-refractivity contribution in [1.82, 2.24) is 10.2 Å². The number of halogens is 1. The van der Waals surface area contributed by atoms with E-state index in [1.54, 1.807) is 6.07 Å². The van der Waals surface area contributed by atoms with Crippen LogP contribution in [0.3, 0.4) is 0 Å². The molecule has 26 heavy (non-hydrogen) atoms. The molecule has 0 aromatic heterocycles. The maximum absolute atomic E-state index is 13.6. The van der Waals surface area contributed by atoms with E-state index in [0.29, 0.717) is 17.9 Å². The number of hydrogen-bond donors (Lipinski definition) is 1. The Bertz CT molecular complexity index is 735. The quantitative estimate of drug-likeness (QED) is 0.880. The largest absolute Gasteiger partial charge is 0.370 e. The Balaban J connectivity index is 1.27. The molecule has 4 aliphatic rings. The third-order valence-electron chi connectivity index (χ3n) is 7.02. The SMILES string of the molecule is Cc1ccc(F)cc1CN1C[C@@H]2[C@H](CNC(=O)C3CC3)[C@H]3CC[C@]2(C1)O3. The molecule has 5 rings (SSSR count). The van der Waals surface area contributed by atoms with Crippen molar-refractivity contribution in [3.8, 4) is 0 Å². The number of benzene rings is 1. The maximum atomic E-state index is 13.6. The van der Waals surface area contributed by atoms with E-state index in [-0.39, 0.29) is 23.2 Å². The second-order valence-electron chi connectivity index (χ2n) is 8.79. The minimum Gasteiger partial charge on any atom is -0.370 e. The Morgan fingerprint density at radius 3 is 3.04 bits per heavy atom. The summed E-state index contributed by atoms with van der Waals surface area (Å²) in [6, 6.07) is 5.05. The molecule has 1 aliphatic carbocycles. The third kappa shape index (κ3) is 2.76. The lowest BCUT2D eigenvalue weighted by molar-refractivity contribution is -0.122. The van der Waals surface area contributed by atoms with Crippen molar-refractivity contribution in [2.24, 2.45) is 17.8 Å². The van der Waals surface area contributed by atoms with Gasteiger partial charge in [0.05, 0.1) is 11.7 Å². The Morgan fingerprint density at radius 2 is 2.23 bits per heavy atom. The molecule has 1 spiro atoms. The highest BCUT2D eigenvalue weighted by Crippen LogP contribution is 2.54. The van der Waals surface area contributed by atoms with Gasteiger partial charge in [0.15, 0.2) is 0 Å². The van der Waals surface area contributed by atoms with Gasteiger partial charge >= 0.3 is 0 Å². The number of fused-ring (bicyclic) bond motifs is 1. The van der Waals surface area contributed by atoms with Gasteiger partial charge in [-0.15, -0.1) is 0 Å². The zero-order chi connectivity index (χ0) is 17.9. The van der Waals surface area contributed by atoms with Crippen molar-refractivity contribution >= 4 is 5.91 Å². The Hall–Kier alpha value is -1.46. The van der Waals surface area contributed by atoms with Crippen LogP contribution in [0.2, 0.25) is 0 Å². The van der Waals surface area contributed by atoms with Crippen LogP contribution in [-0.2, 0) is 16.1 Å². The van der Waals surface area contributed by atoms with Crippen molar-refractivity contribution < 1.29 is 13.9 Å². The van der Waals surface area contributed by atoms with Gasteiger partial charge in [0.1, 0.15) is 5.82 Å². The zero-order valence-corrected chi connectivity index (χ0v) is 15.3. The van der Waals surface area contributed by atoms with Crippen LogP contribution in [0.25, 0.3) is 0 Å². The zero-order valence-electron chi connectivity index (χ0n) is 15.3. The van der Waals surface area contributed by atoms with E-state index in [1.807, 2.05) is 13.0 Å². The van der Waals surface area contributed by atoms with Crippen LogP contribution < -0.4 is 5.32 Å². The normalized spacial score (nSPS) is 35.7. The van der Waals surface area contributed by atoms with E-state index in [1.165, 1.54) is 6.07 Å². The fraction of sp³-hybridized carbons (Fsp3) is 0.667. The van der Waals surface area contributed by atoms with Gasteiger partial charge in [-0.1, -0.05) is 6.07 Å². The molecule has 1 saturated carbocycles. The van der Waals surface area contributed by atoms with Crippen LogP contribution in [0.5, 0.6) is 0 Å². The summed E-state index contributed by atoms with van der Waals surface area (Å²) in [5.41, 5.74) is 2.16. The van der Waals surface area contributed by atoms with Gasteiger partial charge < -0.3 is 10.1 Å². The van der Waals surface area contributed by atoms with Crippen LogP contribution in [0.4, 0.5) is 4.39 Å². The standard InChI is InChI=1S/C21H27FN2O2/c1-13-2-5-16(22)8-15(13)10-24-11-18-17(9-23-20(25)14-3-4-14)19-6-7-21(18,12-24)26-19/h2,5,8,14,17-19H,3-4,6-7,9-12H2,1H3,(H,23,25)/t17-,18+,19+,21+/m0/s1. The molecule has 3 aliphatic heterocycles. The van der Waals surface area contributed by atoms with E-state index in [2.05, 4.69) is 10.2 Å². The lowest BCUT2D eigenvalue weighted by atomic mass is 9.73. The van der Waals surface area contributed by atoms with E-state index < -0.39 is 0 Å². The molecule has 0 radical (unpaired) electrons.